The maximum absolute atomic E-state index is 13.8. The number of hydrogen-bond donors (Lipinski definition) is 0. The minimum Gasteiger partial charge on any atom is -0.497 e. The van der Waals surface area contributed by atoms with Crippen LogP contribution in [0.5, 0.6) is 11.5 Å². The zero-order chi connectivity index (χ0) is 24.4. The van der Waals surface area contributed by atoms with Crippen LogP contribution in [0.25, 0.3) is 0 Å². The molecule has 3 fully saturated rings. The zero-order valence-electron chi connectivity index (χ0n) is 19.3. The van der Waals surface area contributed by atoms with Crippen LogP contribution in [0.2, 0.25) is 0 Å². The van der Waals surface area contributed by atoms with Crippen molar-refractivity contribution in [2.24, 2.45) is 10.8 Å². The predicted octanol–water partition coefficient (Wildman–Crippen LogP) is 5.04. The van der Waals surface area contributed by atoms with Gasteiger partial charge in [0.15, 0.2) is 0 Å². The highest BCUT2D eigenvalue weighted by Crippen LogP contribution is 2.68. The van der Waals surface area contributed by atoms with Crippen molar-refractivity contribution < 1.29 is 27.4 Å². The molecule has 4 aliphatic rings. The maximum Gasteiger partial charge on any atom is 0.394 e. The Morgan fingerprint density at radius 1 is 1.14 bits per heavy atom. The number of hydrogen-bond acceptors (Lipinski definition) is 4. The van der Waals surface area contributed by atoms with Crippen LogP contribution in [0.1, 0.15) is 61.3 Å². The third-order valence-corrected chi connectivity index (χ3v) is 8.42. The lowest BCUT2D eigenvalue weighted by Gasteiger charge is -2.34. The van der Waals surface area contributed by atoms with E-state index in [0.717, 1.165) is 16.9 Å². The van der Waals surface area contributed by atoms with Gasteiger partial charge in [0.1, 0.15) is 17.6 Å². The minimum absolute atomic E-state index is 0.0456. The Morgan fingerprint density at radius 2 is 1.89 bits per heavy atom. The van der Waals surface area contributed by atoms with Crippen LogP contribution < -0.4 is 9.47 Å². The number of nitrogens with zero attached hydrogens (tertiary/aromatic N) is 2. The van der Waals surface area contributed by atoms with Gasteiger partial charge in [0.05, 0.1) is 36.1 Å². The lowest BCUT2D eigenvalue weighted by molar-refractivity contribution is -0.220. The van der Waals surface area contributed by atoms with E-state index in [1.807, 2.05) is 24.3 Å². The fourth-order valence-corrected chi connectivity index (χ4v) is 6.49. The normalized spacial score (nSPS) is 30.3. The average Bonchev–Trinajstić information content (AvgIpc) is 3.55. The summed E-state index contributed by atoms with van der Waals surface area (Å²) in [5.41, 5.74) is -0.376. The number of pyridine rings is 1. The highest BCUT2D eigenvalue weighted by Gasteiger charge is 2.69. The molecule has 1 aromatic carbocycles. The molecule has 0 unspecified atom stereocenters. The molecular weight excluding hydrogens is 457 g/mol. The Morgan fingerprint density at radius 3 is 2.54 bits per heavy atom. The van der Waals surface area contributed by atoms with Crippen molar-refractivity contribution >= 4 is 5.91 Å². The van der Waals surface area contributed by atoms with Crippen LogP contribution in [0.15, 0.2) is 36.7 Å². The number of amides is 1. The van der Waals surface area contributed by atoms with E-state index >= 15 is 0 Å². The van der Waals surface area contributed by atoms with Crippen molar-refractivity contribution in [3.63, 3.8) is 0 Å². The van der Waals surface area contributed by atoms with Crippen LogP contribution >= 0.6 is 0 Å². The summed E-state index contributed by atoms with van der Waals surface area (Å²) in [6.45, 7) is 0.379. The molecule has 2 aliphatic carbocycles. The molecule has 0 N–H and O–H groups in total. The van der Waals surface area contributed by atoms with Crippen molar-refractivity contribution in [1.29, 1.82) is 0 Å². The number of alkyl halides is 3. The molecular formula is C27H25F3N2O3. The molecule has 2 aromatic rings. The average molecular weight is 483 g/mol. The molecule has 0 radical (unpaired) electrons. The summed E-state index contributed by atoms with van der Waals surface area (Å²) in [6, 6.07) is 7.15. The number of benzene rings is 1. The molecule has 3 heterocycles. The van der Waals surface area contributed by atoms with Gasteiger partial charge >= 0.3 is 6.18 Å². The molecule has 1 saturated heterocycles. The molecule has 6 rings (SSSR count). The van der Waals surface area contributed by atoms with Gasteiger partial charge in [0.25, 0.3) is 0 Å². The van der Waals surface area contributed by atoms with E-state index in [0.29, 0.717) is 37.1 Å². The monoisotopic (exact) mass is 482 g/mol. The first kappa shape index (κ1) is 22.3. The summed E-state index contributed by atoms with van der Waals surface area (Å²) >= 11 is 0. The van der Waals surface area contributed by atoms with Crippen molar-refractivity contribution in [1.82, 2.24) is 9.88 Å². The number of aromatic nitrogens is 1. The van der Waals surface area contributed by atoms with Crippen LogP contribution in [-0.4, -0.2) is 41.7 Å². The molecule has 5 nitrogen and oxygen atoms in total. The minimum atomic E-state index is -4.26. The molecule has 2 atom stereocenters. The molecule has 1 amide bonds. The highest BCUT2D eigenvalue weighted by atomic mass is 19.4. The Labute approximate surface area is 201 Å². The largest absolute Gasteiger partial charge is 0.497 e. The summed E-state index contributed by atoms with van der Waals surface area (Å²) in [5, 5.41) is 0. The lowest BCUT2D eigenvalue weighted by atomic mass is 9.81. The van der Waals surface area contributed by atoms with E-state index in [-0.39, 0.29) is 37.3 Å². The van der Waals surface area contributed by atoms with Gasteiger partial charge in [-0.15, -0.1) is 0 Å². The van der Waals surface area contributed by atoms with E-state index in [2.05, 4.69) is 16.8 Å². The second-order valence-corrected chi connectivity index (χ2v) is 10.3. The fourth-order valence-electron chi connectivity index (χ4n) is 6.49. The number of carbonyl (C=O) groups is 1. The van der Waals surface area contributed by atoms with E-state index in [1.54, 1.807) is 24.4 Å². The van der Waals surface area contributed by atoms with E-state index in [9.17, 15) is 18.0 Å². The third kappa shape index (κ3) is 3.39. The Balaban J connectivity index is 1.27. The SMILES string of the molecule is COc1ccc(C#Cc2cncc3c2O[C@H]2C[C@@H]3N(C(=O)C34CCC(C(F)(F)F)(CC3)C4)C2)cc1. The van der Waals surface area contributed by atoms with Gasteiger partial charge in [-0.2, -0.15) is 13.2 Å². The summed E-state index contributed by atoms with van der Waals surface area (Å²) in [5.74, 6) is 7.47. The number of carbonyl (C=O) groups excluding carboxylic acids is 1. The van der Waals surface area contributed by atoms with Gasteiger partial charge in [0.2, 0.25) is 5.91 Å². The Kier molecular flexibility index (Phi) is 4.86. The van der Waals surface area contributed by atoms with Gasteiger partial charge in [0, 0.05) is 29.9 Å². The molecule has 2 aliphatic heterocycles. The van der Waals surface area contributed by atoms with Gasteiger partial charge in [-0.1, -0.05) is 11.8 Å². The summed E-state index contributed by atoms with van der Waals surface area (Å²) in [7, 11) is 1.61. The van der Waals surface area contributed by atoms with Crippen molar-refractivity contribution in [3.8, 4) is 23.3 Å². The summed E-state index contributed by atoms with van der Waals surface area (Å²) < 4.78 is 52.7. The first-order valence-corrected chi connectivity index (χ1v) is 11.9. The van der Waals surface area contributed by atoms with Crippen molar-refractivity contribution in [2.75, 3.05) is 13.7 Å². The second kappa shape index (κ2) is 7.64. The first-order valence-electron chi connectivity index (χ1n) is 11.9. The smallest absolute Gasteiger partial charge is 0.394 e. The van der Waals surface area contributed by atoms with Crippen LogP contribution in [0, 0.1) is 22.7 Å². The van der Waals surface area contributed by atoms with Crippen LogP contribution in [0.4, 0.5) is 13.2 Å². The molecule has 1 aromatic heterocycles. The number of halogens is 3. The molecule has 182 valence electrons. The molecule has 2 saturated carbocycles. The zero-order valence-corrected chi connectivity index (χ0v) is 19.3. The second-order valence-electron chi connectivity index (χ2n) is 10.3. The summed E-state index contributed by atoms with van der Waals surface area (Å²) in [4.78, 5) is 19.8. The van der Waals surface area contributed by atoms with Gasteiger partial charge in [-0.05, 0) is 56.4 Å². The van der Waals surface area contributed by atoms with Gasteiger partial charge < -0.3 is 14.4 Å². The number of methoxy groups -OCH3 is 1. The van der Waals surface area contributed by atoms with E-state index in [1.165, 1.54) is 0 Å². The Hall–Kier alpha value is -3.21. The molecule has 8 heteroatoms. The maximum atomic E-state index is 13.8. The standard InChI is InChI=1S/C27H25F3N2O3/c1-34-19-6-3-17(4-7-19)2-5-18-13-31-14-21-22-12-20(35-23(18)21)15-32(22)24(33)25-8-10-26(16-25,11-9-25)27(28,29)30/h3-4,6-7,13-14,20,22H,8-12,15-16H2,1H3/t20-,22-,25?,26?/m0/s1. The van der Waals surface area contributed by atoms with Crippen LogP contribution in [0.3, 0.4) is 0 Å². The van der Waals surface area contributed by atoms with Gasteiger partial charge in [-0.3, -0.25) is 9.78 Å². The van der Waals surface area contributed by atoms with Gasteiger partial charge in [-0.25, -0.2) is 0 Å². The quantitative estimate of drug-likeness (QED) is 0.563. The third-order valence-electron chi connectivity index (χ3n) is 8.42. The lowest BCUT2D eigenvalue weighted by Crippen LogP contribution is -2.41. The van der Waals surface area contributed by atoms with Crippen molar-refractivity contribution in [2.45, 2.75) is 56.8 Å². The number of ether oxygens (including phenoxy) is 2. The van der Waals surface area contributed by atoms with Crippen molar-refractivity contribution in [3.05, 3.63) is 53.3 Å². The molecule has 35 heavy (non-hydrogen) atoms. The molecule has 0 spiro atoms. The molecule has 4 bridgehead atoms. The predicted molar refractivity (Wildman–Crippen MR) is 121 cm³/mol. The fraction of sp³-hybridized carbons (Fsp3) is 0.481. The van der Waals surface area contributed by atoms with Crippen LogP contribution in [-0.2, 0) is 4.79 Å². The summed E-state index contributed by atoms with van der Waals surface area (Å²) in [6.07, 6.45) is 0.116. The van der Waals surface area contributed by atoms with E-state index < -0.39 is 17.0 Å². The number of fused-ring (bicyclic) bond motifs is 6. The van der Waals surface area contributed by atoms with E-state index in [4.69, 9.17) is 9.47 Å². The first-order chi connectivity index (χ1) is 16.7. The number of rotatable bonds is 2. The Bertz CT molecular complexity index is 1240. The highest BCUT2D eigenvalue weighted by molar-refractivity contribution is 5.85. The number of likely N-dealkylation sites (tertiary alicyclic amines) is 1. The topological polar surface area (TPSA) is 51.7 Å².